The second-order valence-corrected chi connectivity index (χ2v) is 2.57. The van der Waals surface area contributed by atoms with E-state index in [0.29, 0.717) is 5.92 Å². The number of ether oxygens (including phenoxy) is 2. The maximum absolute atomic E-state index is 5.03. The van der Waals surface area contributed by atoms with Crippen molar-refractivity contribution in [3.05, 3.63) is 0 Å². The van der Waals surface area contributed by atoms with E-state index in [0.717, 1.165) is 13.2 Å². The van der Waals surface area contributed by atoms with E-state index >= 15 is 0 Å². The van der Waals surface area contributed by atoms with Gasteiger partial charge in [0.2, 0.25) is 0 Å². The average Bonchev–Trinajstić information content (AvgIpc) is 1.90. The van der Waals surface area contributed by atoms with E-state index in [4.69, 9.17) is 9.47 Å². The Morgan fingerprint density at radius 1 is 1.10 bits per heavy atom. The molecule has 0 bridgehead atoms. The van der Waals surface area contributed by atoms with Crippen molar-refractivity contribution in [2.45, 2.75) is 19.8 Å². The molecule has 0 aliphatic heterocycles. The maximum atomic E-state index is 5.03. The summed E-state index contributed by atoms with van der Waals surface area (Å²) >= 11 is 0. The summed E-state index contributed by atoms with van der Waals surface area (Å²) in [5.41, 5.74) is 0. The van der Waals surface area contributed by atoms with Crippen LogP contribution in [0, 0.1) is 5.92 Å². The highest BCUT2D eigenvalue weighted by Crippen LogP contribution is 2.06. The zero-order valence-corrected chi connectivity index (χ0v) is 7.22. The summed E-state index contributed by atoms with van der Waals surface area (Å²) in [6.45, 7) is 3.82. The lowest BCUT2D eigenvalue weighted by Crippen LogP contribution is -2.13. The molecule has 0 heterocycles. The summed E-state index contributed by atoms with van der Waals surface area (Å²) in [6.07, 6.45) is 2.40. The first-order chi connectivity index (χ1) is 4.85. The summed E-state index contributed by atoms with van der Waals surface area (Å²) in [5, 5.41) is 0. The van der Waals surface area contributed by atoms with Gasteiger partial charge in [-0.1, -0.05) is 13.3 Å². The normalized spacial score (nSPS) is 10.8. The van der Waals surface area contributed by atoms with E-state index in [1.807, 2.05) is 0 Å². The molecule has 10 heavy (non-hydrogen) atoms. The Kier molecular flexibility index (Phi) is 6.98. The minimum Gasteiger partial charge on any atom is -0.384 e. The lowest BCUT2D eigenvalue weighted by Gasteiger charge is -2.12. The summed E-state index contributed by atoms with van der Waals surface area (Å²) in [7, 11) is 3.47. The molecule has 0 amide bonds. The maximum Gasteiger partial charge on any atom is 0.0512 e. The van der Waals surface area contributed by atoms with Crippen LogP contribution in [0.25, 0.3) is 0 Å². The van der Waals surface area contributed by atoms with E-state index in [1.165, 1.54) is 12.8 Å². The molecule has 62 valence electrons. The van der Waals surface area contributed by atoms with Crippen molar-refractivity contribution < 1.29 is 9.47 Å². The van der Waals surface area contributed by atoms with Crippen LogP contribution in [0.1, 0.15) is 19.8 Å². The molecule has 0 radical (unpaired) electrons. The van der Waals surface area contributed by atoms with E-state index in [1.54, 1.807) is 14.2 Å². The van der Waals surface area contributed by atoms with Gasteiger partial charge in [-0.15, -0.1) is 0 Å². The van der Waals surface area contributed by atoms with Crippen molar-refractivity contribution in [1.29, 1.82) is 0 Å². The SMILES string of the molecule is CCCC(COC)COC. The minimum atomic E-state index is 0.583. The molecule has 0 fully saturated rings. The number of methoxy groups -OCH3 is 2. The van der Waals surface area contributed by atoms with Gasteiger partial charge < -0.3 is 9.47 Å². The summed E-state index contributed by atoms with van der Waals surface area (Å²) in [4.78, 5) is 0. The lowest BCUT2D eigenvalue weighted by molar-refractivity contribution is 0.0802. The van der Waals surface area contributed by atoms with Crippen LogP contribution in [0.2, 0.25) is 0 Å². The molecular weight excluding hydrogens is 128 g/mol. The van der Waals surface area contributed by atoms with Gasteiger partial charge in [0.25, 0.3) is 0 Å². The van der Waals surface area contributed by atoms with Crippen LogP contribution in [0.15, 0.2) is 0 Å². The predicted octanol–water partition coefficient (Wildman–Crippen LogP) is 1.70. The van der Waals surface area contributed by atoms with Gasteiger partial charge in [0.05, 0.1) is 13.2 Å². The lowest BCUT2D eigenvalue weighted by atomic mass is 10.1. The molecule has 0 spiro atoms. The van der Waals surface area contributed by atoms with E-state index in [2.05, 4.69) is 6.92 Å². The Labute approximate surface area is 63.5 Å². The van der Waals surface area contributed by atoms with Crippen molar-refractivity contribution >= 4 is 0 Å². The highest BCUT2D eigenvalue weighted by atomic mass is 16.5. The highest BCUT2D eigenvalue weighted by Gasteiger charge is 2.05. The van der Waals surface area contributed by atoms with Crippen LogP contribution in [0.4, 0.5) is 0 Å². The summed E-state index contributed by atoms with van der Waals surface area (Å²) in [6, 6.07) is 0. The third-order valence-electron chi connectivity index (χ3n) is 1.50. The van der Waals surface area contributed by atoms with Crippen molar-refractivity contribution in [2.24, 2.45) is 5.92 Å². The second kappa shape index (κ2) is 7.03. The molecule has 2 nitrogen and oxygen atoms in total. The molecule has 0 aliphatic carbocycles. The van der Waals surface area contributed by atoms with Crippen molar-refractivity contribution in [2.75, 3.05) is 27.4 Å². The Hall–Kier alpha value is -0.0800. The fourth-order valence-electron chi connectivity index (χ4n) is 1.09. The third kappa shape index (κ3) is 4.77. The molecule has 0 saturated carbocycles. The third-order valence-corrected chi connectivity index (χ3v) is 1.50. The van der Waals surface area contributed by atoms with Gasteiger partial charge >= 0.3 is 0 Å². The largest absolute Gasteiger partial charge is 0.384 e. The van der Waals surface area contributed by atoms with Crippen molar-refractivity contribution in [1.82, 2.24) is 0 Å². The van der Waals surface area contributed by atoms with Crippen LogP contribution in [0.3, 0.4) is 0 Å². The van der Waals surface area contributed by atoms with Crippen LogP contribution < -0.4 is 0 Å². The molecule has 0 saturated heterocycles. The molecule has 0 rings (SSSR count). The summed E-state index contributed by atoms with van der Waals surface area (Å²) in [5.74, 6) is 0.583. The topological polar surface area (TPSA) is 18.5 Å². The smallest absolute Gasteiger partial charge is 0.0512 e. The van der Waals surface area contributed by atoms with Crippen LogP contribution in [-0.4, -0.2) is 27.4 Å². The monoisotopic (exact) mass is 146 g/mol. The Morgan fingerprint density at radius 2 is 1.60 bits per heavy atom. The first-order valence-electron chi connectivity index (χ1n) is 3.83. The van der Waals surface area contributed by atoms with Gasteiger partial charge in [-0.3, -0.25) is 0 Å². The van der Waals surface area contributed by atoms with Gasteiger partial charge in [-0.05, 0) is 6.42 Å². The summed E-state index contributed by atoms with van der Waals surface area (Å²) < 4.78 is 10.1. The molecular formula is C8H18O2. The Morgan fingerprint density at radius 3 is 1.90 bits per heavy atom. The molecule has 0 aromatic carbocycles. The highest BCUT2D eigenvalue weighted by molar-refractivity contribution is 4.54. The standard InChI is InChI=1S/C8H18O2/c1-4-5-8(6-9-2)7-10-3/h8H,4-7H2,1-3H3. The van der Waals surface area contributed by atoms with Gasteiger partial charge in [-0.25, -0.2) is 0 Å². The number of rotatable bonds is 6. The van der Waals surface area contributed by atoms with E-state index < -0.39 is 0 Å². The molecule has 0 N–H and O–H groups in total. The molecule has 0 aromatic heterocycles. The average molecular weight is 146 g/mol. The minimum absolute atomic E-state index is 0.583. The first kappa shape index (κ1) is 9.92. The quantitative estimate of drug-likeness (QED) is 0.567. The molecule has 0 aromatic rings. The first-order valence-corrected chi connectivity index (χ1v) is 3.83. The number of hydrogen-bond donors (Lipinski definition) is 0. The van der Waals surface area contributed by atoms with E-state index in [9.17, 15) is 0 Å². The van der Waals surface area contributed by atoms with Crippen molar-refractivity contribution in [3.8, 4) is 0 Å². The molecule has 2 heteroatoms. The van der Waals surface area contributed by atoms with Crippen LogP contribution in [0.5, 0.6) is 0 Å². The predicted molar refractivity (Wildman–Crippen MR) is 42.2 cm³/mol. The number of hydrogen-bond acceptors (Lipinski definition) is 2. The zero-order valence-electron chi connectivity index (χ0n) is 7.22. The fourth-order valence-corrected chi connectivity index (χ4v) is 1.09. The van der Waals surface area contributed by atoms with Crippen LogP contribution >= 0.6 is 0 Å². The van der Waals surface area contributed by atoms with Crippen molar-refractivity contribution in [3.63, 3.8) is 0 Å². The Balaban J connectivity index is 3.30. The van der Waals surface area contributed by atoms with Gasteiger partial charge in [-0.2, -0.15) is 0 Å². The van der Waals surface area contributed by atoms with Gasteiger partial charge in [0.15, 0.2) is 0 Å². The van der Waals surface area contributed by atoms with Crippen LogP contribution in [-0.2, 0) is 9.47 Å². The molecule has 0 atom stereocenters. The Bertz CT molecular complexity index is 50.0. The van der Waals surface area contributed by atoms with E-state index in [-0.39, 0.29) is 0 Å². The van der Waals surface area contributed by atoms with Gasteiger partial charge in [0.1, 0.15) is 0 Å². The molecule has 0 unspecified atom stereocenters. The second-order valence-electron chi connectivity index (χ2n) is 2.57. The fraction of sp³-hybridized carbons (Fsp3) is 1.00. The zero-order chi connectivity index (χ0) is 7.82. The molecule has 0 aliphatic rings. The van der Waals surface area contributed by atoms with Gasteiger partial charge in [0, 0.05) is 20.1 Å².